The Morgan fingerprint density at radius 3 is 2.09 bits per heavy atom. The average molecular weight is 154 g/mol. The lowest BCUT2D eigenvalue weighted by Crippen LogP contribution is -2.17. The fraction of sp³-hybridized carbons (Fsp3) is 1.00. The first-order valence-corrected chi connectivity index (χ1v) is 4.88. The maximum Gasteiger partial charge on any atom is 0.0896 e. The monoisotopic (exact) mass is 154 g/mol. The summed E-state index contributed by atoms with van der Waals surface area (Å²) in [4.78, 5) is 0. The highest BCUT2D eigenvalue weighted by molar-refractivity contribution is 4.99. The van der Waals surface area contributed by atoms with Gasteiger partial charge in [0.25, 0.3) is 0 Å². The summed E-state index contributed by atoms with van der Waals surface area (Å²) in [5.74, 6) is 0.888. The molecule has 1 atom stereocenters. The summed E-state index contributed by atoms with van der Waals surface area (Å²) in [6.45, 7) is 4.43. The van der Waals surface area contributed by atoms with E-state index in [1.165, 1.54) is 32.1 Å². The SMILES string of the molecule is CC1(C)OC1C1CCCCC1. The molecule has 1 nitrogen and oxygen atoms in total. The standard InChI is InChI=1S/C10H18O/c1-10(2)9(11-10)8-6-4-3-5-7-8/h8-9H,3-7H2,1-2H3. The van der Waals surface area contributed by atoms with Gasteiger partial charge in [0.05, 0.1) is 11.7 Å². The lowest BCUT2D eigenvalue weighted by atomic mass is 9.84. The molecular formula is C10H18O. The van der Waals surface area contributed by atoms with Crippen LogP contribution in [0.2, 0.25) is 0 Å². The van der Waals surface area contributed by atoms with E-state index in [4.69, 9.17) is 4.74 Å². The van der Waals surface area contributed by atoms with Gasteiger partial charge in [-0.15, -0.1) is 0 Å². The van der Waals surface area contributed by atoms with Crippen LogP contribution >= 0.6 is 0 Å². The summed E-state index contributed by atoms with van der Waals surface area (Å²) in [5.41, 5.74) is 0.224. The Bertz CT molecular complexity index is 145. The molecule has 0 aromatic carbocycles. The second-order valence-corrected chi connectivity index (χ2v) is 4.54. The molecule has 64 valence electrons. The van der Waals surface area contributed by atoms with Crippen molar-refractivity contribution in [3.8, 4) is 0 Å². The fourth-order valence-electron chi connectivity index (χ4n) is 2.39. The zero-order chi connectivity index (χ0) is 7.90. The molecule has 1 heterocycles. The van der Waals surface area contributed by atoms with Crippen LogP contribution in [-0.4, -0.2) is 11.7 Å². The molecule has 0 N–H and O–H groups in total. The molecule has 0 aromatic heterocycles. The van der Waals surface area contributed by atoms with E-state index in [1.807, 2.05) is 0 Å². The van der Waals surface area contributed by atoms with Gasteiger partial charge in [-0.2, -0.15) is 0 Å². The normalized spacial score (nSPS) is 37.1. The lowest BCUT2D eigenvalue weighted by molar-refractivity contribution is 0.255. The quantitative estimate of drug-likeness (QED) is 0.529. The molecule has 11 heavy (non-hydrogen) atoms. The summed E-state index contributed by atoms with van der Waals surface area (Å²) in [6.07, 6.45) is 7.73. The Morgan fingerprint density at radius 1 is 1.09 bits per heavy atom. The van der Waals surface area contributed by atoms with Gasteiger partial charge in [-0.25, -0.2) is 0 Å². The van der Waals surface area contributed by atoms with Crippen molar-refractivity contribution in [2.75, 3.05) is 0 Å². The third-order valence-electron chi connectivity index (χ3n) is 3.14. The molecular weight excluding hydrogens is 136 g/mol. The third kappa shape index (κ3) is 1.44. The Balaban J connectivity index is 1.86. The number of epoxide rings is 1. The van der Waals surface area contributed by atoms with Gasteiger partial charge in [-0.05, 0) is 32.6 Å². The van der Waals surface area contributed by atoms with Crippen molar-refractivity contribution in [1.82, 2.24) is 0 Å². The van der Waals surface area contributed by atoms with Crippen molar-refractivity contribution in [2.45, 2.75) is 57.7 Å². The molecule has 1 unspecified atom stereocenters. The first kappa shape index (κ1) is 7.60. The number of rotatable bonds is 1. The summed E-state index contributed by atoms with van der Waals surface area (Å²) < 4.78 is 5.64. The molecule has 0 radical (unpaired) electrons. The Morgan fingerprint density at radius 2 is 1.64 bits per heavy atom. The Hall–Kier alpha value is -0.0400. The van der Waals surface area contributed by atoms with Crippen LogP contribution in [0, 0.1) is 5.92 Å². The van der Waals surface area contributed by atoms with Crippen LogP contribution in [0.3, 0.4) is 0 Å². The summed E-state index contributed by atoms with van der Waals surface area (Å²) in [6, 6.07) is 0. The number of hydrogen-bond donors (Lipinski definition) is 0. The average Bonchev–Trinajstić information content (AvgIpc) is 2.62. The zero-order valence-electron chi connectivity index (χ0n) is 7.60. The van der Waals surface area contributed by atoms with Crippen molar-refractivity contribution in [1.29, 1.82) is 0 Å². The molecule has 1 aliphatic heterocycles. The molecule has 2 aliphatic rings. The van der Waals surface area contributed by atoms with Gasteiger partial charge in [0.15, 0.2) is 0 Å². The Labute approximate surface area is 69.1 Å². The molecule has 0 bridgehead atoms. The predicted octanol–water partition coefficient (Wildman–Crippen LogP) is 2.74. The lowest BCUT2D eigenvalue weighted by Gasteiger charge is -2.20. The van der Waals surface area contributed by atoms with Gasteiger partial charge in [0, 0.05) is 0 Å². The molecule has 1 saturated carbocycles. The molecule has 2 fully saturated rings. The second-order valence-electron chi connectivity index (χ2n) is 4.54. The van der Waals surface area contributed by atoms with Crippen LogP contribution in [0.5, 0.6) is 0 Å². The second kappa shape index (κ2) is 2.48. The molecule has 0 spiro atoms. The molecule has 0 amide bonds. The van der Waals surface area contributed by atoms with E-state index in [1.54, 1.807) is 0 Å². The van der Waals surface area contributed by atoms with E-state index >= 15 is 0 Å². The van der Waals surface area contributed by atoms with Gasteiger partial charge in [-0.1, -0.05) is 19.3 Å². The van der Waals surface area contributed by atoms with Crippen molar-refractivity contribution >= 4 is 0 Å². The van der Waals surface area contributed by atoms with Crippen LogP contribution < -0.4 is 0 Å². The third-order valence-corrected chi connectivity index (χ3v) is 3.14. The molecule has 2 rings (SSSR count). The molecule has 1 aliphatic carbocycles. The number of hydrogen-bond acceptors (Lipinski definition) is 1. The van der Waals surface area contributed by atoms with E-state index in [0.29, 0.717) is 6.10 Å². The van der Waals surface area contributed by atoms with Crippen molar-refractivity contribution < 1.29 is 4.74 Å². The van der Waals surface area contributed by atoms with Gasteiger partial charge < -0.3 is 4.74 Å². The largest absolute Gasteiger partial charge is 0.366 e. The maximum absolute atomic E-state index is 5.64. The van der Waals surface area contributed by atoms with E-state index < -0.39 is 0 Å². The predicted molar refractivity (Wildman–Crippen MR) is 45.5 cm³/mol. The summed E-state index contributed by atoms with van der Waals surface area (Å²) in [7, 11) is 0. The van der Waals surface area contributed by atoms with E-state index in [0.717, 1.165) is 5.92 Å². The minimum absolute atomic E-state index is 0.224. The van der Waals surface area contributed by atoms with E-state index in [9.17, 15) is 0 Å². The Kier molecular flexibility index (Phi) is 1.71. The van der Waals surface area contributed by atoms with Crippen molar-refractivity contribution in [2.24, 2.45) is 5.92 Å². The van der Waals surface area contributed by atoms with Gasteiger partial charge in [-0.3, -0.25) is 0 Å². The van der Waals surface area contributed by atoms with Crippen molar-refractivity contribution in [3.05, 3.63) is 0 Å². The maximum atomic E-state index is 5.64. The van der Waals surface area contributed by atoms with Gasteiger partial charge in [0.1, 0.15) is 0 Å². The van der Waals surface area contributed by atoms with Crippen LogP contribution in [0.25, 0.3) is 0 Å². The van der Waals surface area contributed by atoms with E-state index in [-0.39, 0.29) is 5.60 Å². The zero-order valence-corrected chi connectivity index (χ0v) is 7.60. The highest BCUT2D eigenvalue weighted by Gasteiger charge is 2.51. The van der Waals surface area contributed by atoms with Gasteiger partial charge >= 0.3 is 0 Å². The molecule has 1 saturated heterocycles. The van der Waals surface area contributed by atoms with Crippen LogP contribution in [0.1, 0.15) is 46.0 Å². The minimum atomic E-state index is 0.224. The van der Waals surface area contributed by atoms with Gasteiger partial charge in [0.2, 0.25) is 0 Å². The fourth-order valence-corrected chi connectivity index (χ4v) is 2.39. The topological polar surface area (TPSA) is 12.5 Å². The molecule has 1 heteroatoms. The van der Waals surface area contributed by atoms with Crippen LogP contribution in [0.15, 0.2) is 0 Å². The highest BCUT2D eigenvalue weighted by atomic mass is 16.6. The summed E-state index contributed by atoms with van der Waals surface area (Å²) >= 11 is 0. The number of ether oxygens (including phenoxy) is 1. The van der Waals surface area contributed by atoms with Crippen molar-refractivity contribution in [3.63, 3.8) is 0 Å². The van der Waals surface area contributed by atoms with Crippen LogP contribution in [0.4, 0.5) is 0 Å². The first-order chi connectivity index (χ1) is 5.20. The first-order valence-electron chi connectivity index (χ1n) is 4.88. The highest BCUT2D eigenvalue weighted by Crippen LogP contribution is 2.45. The minimum Gasteiger partial charge on any atom is -0.366 e. The summed E-state index contributed by atoms with van der Waals surface area (Å²) in [5, 5.41) is 0. The molecule has 0 aromatic rings. The van der Waals surface area contributed by atoms with E-state index in [2.05, 4.69) is 13.8 Å². The van der Waals surface area contributed by atoms with Crippen LogP contribution in [-0.2, 0) is 4.74 Å². The smallest absolute Gasteiger partial charge is 0.0896 e.